The number of nitro groups is 1. The van der Waals surface area contributed by atoms with Gasteiger partial charge in [-0.2, -0.15) is 0 Å². The number of hydrogen-bond acceptors (Lipinski definition) is 7. The summed E-state index contributed by atoms with van der Waals surface area (Å²) in [5.74, 6) is 0.0495. The molecular formula is C24H15Cl2IN2O6. The Morgan fingerprint density at radius 1 is 1.14 bits per heavy atom. The number of carbonyl (C=O) groups is 1. The van der Waals surface area contributed by atoms with Crippen molar-refractivity contribution in [2.45, 2.75) is 6.61 Å². The van der Waals surface area contributed by atoms with Crippen molar-refractivity contribution in [1.29, 1.82) is 0 Å². The Hall–Kier alpha value is -3.15. The van der Waals surface area contributed by atoms with E-state index in [1.54, 1.807) is 36.4 Å². The number of esters is 1. The van der Waals surface area contributed by atoms with Crippen LogP contribution in [0.2, 0.25) is 10.0 Å². The highest BCUT2D eigenvalue weighted by molar-refractivity contribution is 14.1. The third kappa shape index (κ3) is 5.75. The maximum absolute atomic E-state index is 12.4. The lowest BCUT2D eigenvalue weighted by molar-refractivity contribution is -0.384. The molecule has 0 fully saturated rings. The molecule has 0 unspecified atom stereocenters. The fourth-order valence-corrected chi connectivity index (χ4v) is 4.19. The Labute approximate surface area is 223 Å². The van der Waals surface area contributed by atoms with Crippen molar-refractivity contribution >= 4 is 69.4 Å². The van der Waals surface area contributed by atoms with Gasteiger partial charge in [-0.3, -0.25) is 10.1 Å². The average molecular weight is 625 g/mol. The predicted molar refractivity (Wildman–Crippen MR) is 140 cm³/mol. The smallest absolute Gasteiger partial charge is 0.363 e. The quantitative estimate of drug-likeness (QED) is 0.0986. The van der Waals surface area contributed by atoms with Crippen molar-refractivity contribution in [3.05, 3.63) is 101 Å². The molecule has 0 radical (unpaired) electrons. The Kier molecular flexibility index (Phi) is 7.58. The SMILES string of the molecule is COc1cc(/C=C2\N=C(c3cc(I)ccc3Cl)OC2=O)cc(Cl)c1OCc1cccc([N+](=O)[O-])c1. The molecule has 8 nitrogen and oxygen atoms in total. The number of non-ortho nitro benzene ring substituents is 1. The molecule has 1 aliphatic heterocycles. The van der Waals surface area contributed by atoms with E-state index in [4.69, 9.17) is 37.4 Å². The first-order valence-corrected chi connectivity index (χ1v) is 11.8. The van der Waals surface area contributed by atoms with E-state index in [9.17, 15) is 14.9 Å². The molecule has 0 saturated carbocycles. The highest BCUT2D eigenvalue weighted by Crippen LogP contribution is 2.38. The maximum atomic E-state index is 12.4. The van der Waals surface area contributed by atoms with Crippen LogP contribution < -0.4 is 9.47 Å². The third-order valence-corrected chi connectivity index (χ3v) is 6.12. The van der Waals surface area contributed by atoms with Crippen molar-refractivity contribution < 1.29 is 23.9 Å². The molecule has 35 heavy (non-hydrogen) atoms. The number of benzene rings is 3. The van der Waals surface area contributed by atoms with Crippen molar-refractivity contribution in [3.63, 3.8) is 0 Å². The molecule has 0 N–H and O–H groups in total. The summed E-state index contributed by atoms with van der Waals surface area (Å²) in [6.45, 7) is 0.0365. The molecule has 0 aromatic heterocycles. The highest BCUT2D eigenvalue weighted by Gasteiger charge is 2.26. The van der Waals surface area contributed by atoms with E-state index in [1.165, 1.54) is 25.3 Å². The first kappa shape index (κ1) is 25.0. The number of nitrogens with zero attached hydrogens (tertiary/aromatic N) is 2. The van der Waals surface area contributed by atoms with Gasteiger partial charge in [0.05, 0.1) is 27.6 Å². The minimum atomic E-state index is -0.629. The number of methoxy groups -OCH3 is 1. The molecule has 3 aromatic rings. The summed E-state index contributed by atoms with van der Waals surface area (Å²) in [6.07, 6.45) is 1.51. The van der Waals surface area contributed by atoms with Crippen molar-refractivity contribution in [2.24, 2.45) is 4.99 Å². The summed E-state index contributed by atoms with van der Waals surface area (Å²) in [5, 5.41) is 11.6. The molecular weight excluding hydrogens is 610 g/mol. The van der Waals surface area contributed by atoms with Crippen molar-refractivity contribution in [3.8, 4) is 11.5 Å². The molecule has 11 heteroatoms. The van der Waals surface area contributed by atoms with Crippen LogP contribution in [-0.2, 0) is 16.1 Å². The number of carbonyl (C=O) groups excluding carboxylic acids is 1. The Bertz CT molecular complexity index is 1410. The van der Waals surface area contributed by atoms with E-state index in [0.29, 0.717) is 27.5 Å². The number of hydrogen-bond donors (Lipinski definition) is 0. The maximum Gasteiger partial charge on any atom is 0.363 e. The lowest BCUT2D eigenvalue weighted by atomic mass is 10.1. The van der Waals surface area contributed by atoms with Gasteiger partial charge in [0.15, 0.2) is 17.2 Å². The standard InChI is InChI=1S/C24H15Cl2IN2O6/c1-33-21-10-14(8-19(26)22(21)34-12-13-3-2-4-16(7-13)29(31)32)9-20-24(30)35-23(28-20)17-11-15(27)5-6-18(17)25/h2-11H,12H2,1H3/b20-9-. The zero-order valence-corrected chi connectivity index (χ0v) is 21.6. The van der Waals surface area contributed by atoms with Crippen molar-refractivity contribution in [2.75, 3.05) is 7.11 Å². The summed E-state index contributed by atoms with van der Waals surface area (Å²) in [5.41, 5.74) is 1.66. The van der Waals surface area contributed by atoms with Crippen LogP contribution in [0.5, 0.6) is 11.5 Å². The second-order valence-corrected chi connectivity index (χ2v) is 9.27. The van der Waals surface area contributed by atoms with Gasteiger partial charge in [0.1, 0.15) is 6.61 Å². The van der Waals surface area contributed by atoms with Crippen LogP contribution in [0.4, 0.5) is 5.69 Å². The van der Waals surface area contributed by atoms with Crippen LogP contribution in [-0.4, -0.2) is 23.9 Å². The Morgan fingerprint density at radius 3 is 2.69 bits per heavy atom. The largest absolute Gasteiger partial charge is 0.493 e. The summed E-state index contributed by atoms with van der Waals surface area (Å²) >= 11 is 14.8. The molecule has 1 heterocycles. The number of halogens is 3. The van der Waals surface area contributed by atoms with Crippen LogP contribution >= 0.6 is 45.8 Å². The van der Waals surface area contributed by atoms with Gasteiger partial charge in [-0.15, -0.1) is 0 Å². The molecule has 0 saturated heterocycles. The zero-order chi connectivity index (χ0) is 25.1. The van der Waals surface area contributed by atoms with Gasteiger partial charge in [-0.1, -0.05) is 35.3 Å². The van der Waals surface area contributed by atoms with E-state index in [1.807, 2.05) is 6.07 Å². The summed E-state index contributed by atoms with van der Waals surface area (Å²) in [7, 11) is 1.45. The number of ether oxygens (including phenoxy) is 3. The number of aliphatic imine (C=N–C) groups is 1. The molecule has 0 bridgehead atoms. The van der Waals surface area contributed by atoms with Gasteiger partial charge >= 0.3 is 5.97 Å². The Morgan fingerprint density at radius 2 is 1.94 bits per heavy atom. The minimum Gasteiger partial charge on any atom is -0.493 e. The summed E-state index contributed by atoms with van der Waals surface area (Å²) < 4.78 is 17.4. The molecule has 3 aromatic carbocycles. The van der Waals surface area contributed by atoms with E-state index < -0.39 is 10.9 Å². The van der Waals surface area contributed by atoms with Crippen LogP contribution in [0.25, 0.3) is 6.08 Å². The van der Waals surface area contributed by atoms with Crippen molar-refractivity contribution in [1.82, 2.24) is 0 Å². The summed E-state index contributed by atoms with van der Waals surface area (Å²) in [6, 6.07) is 14.6. The first-order chi connectivity index (χ1) is 16.7. The zero-order valence-electron chi connectivity index (χ0n) is 18.0. The third-order valence-electron chi connectivity index (χ3n) is 4.84. The van der Waals surface area contributed by atoms with Gasteiger partial charge < -0.3 is 14.2 Å². The lowest BCUT2D eigenvalue weighted by Gasteiger charge is -2.13. The molecule has 0 spiro atoms. The topological polar surface area (TPSA) is 100 Å². The monoisotopic (exact) mass is 624 g/mol. The first-order valence-electron chi connectivity index (χ1n) is 9.97. The normalized spacial score (nSPS) is 14.0. The Balaban J connectivity index is 1.60. The average Bonchev–Trinajstić information content (AvgIpc) is 3.19. The number of cyclic esters (lactones) is 1. The van der Waals surface area contributed by atoms with Gasteiger partial charge in [-0.05, 0) is 70.1 Å². The van der Waals surface area contributed by atoms with Gasteiger partial charge in [0, 0.05) is 15.7 Å². The molecule has 0 amide bonds. The van der Waals surface area contributed by atoms with Crippen LogP contribution in [0.1, 0.15) is 16.7 Å². The van der Waals surface area contributed by atoms with Gasteiger partial charge in [0.2, 0.25) is 5.90 Å². The lowest BCUT2D eigenvalue weighted by Crippen LogP contribution is -2.06. The molecule has 0 atom stereocenters. The molecule has 1 aliphatic rings. The van der Waals surface area contributed by atoms with E-state index in [0.717, 1.165) is 3.57 Å². The predicted octanol–water partition coefficient (Wildman–Crippen LogP) is 6.44. The number of nitro benzene ring substituents is 1. The van der Waals surface area contributed by atoms with E-state index in [2.05, 4.69) is 27.6 Å². The van der Waals surface area contributed by atoms with Crippen LogP contribution in [0.3, 0.4) is 0 Å². The fraction of sp³-hybridized carbons (Fsp3) is 0.0833. The molecule has 0 aliphatic carbocycles. The van der Waals surface area contributed by atoms with Crippen LogP contribution in [0.15, 0.2) is 65.3 Å². The fourth-order valence-electron chi connectivity index (χ4n) is 3.22. The second-order valence-electron chi connectivity index (χ2n) is 7.21. The van der Waals surface area contributed by atoms with E-state index >= 15 is 0 Å². The molecule has 178 valence electrons. The highest BCUT2D eigenvalue weighted by atomic mass is 127. The van der Waals surface area contributed by atoms with Gasteiger partial charge in [0.25, 0.3) is 5.69 Å². The number of rotatable bonds is 7. The molecule has 4 rings (SSSR count). The minimum absolute atomic E-state index is 0.0365. The summed E-state index contributed by atoms with van der Waals surface area (Å²) in [4.78, 5) is 27.2. The van der Waals surface area contributed by atoms with Crippen LogP contribution in [0, 0.1) is 13.7 Å². The second kappa shape index (κ2) is 10.6. The van der Waals surface area contributed by atoms with Gasteiger partial charge in [-0.25, -0.2) is 9.79 Å². The van der Waals surface area contributed by atoms with E-state index in [-0.39, 0.29) is 34.7 Å².